The first-order valence-electron chi connectivity index (χ1n) is 10.6. The van der Waals surface area contributed by atoms with Gasteiger partial charge < -0.3 is 15.0 Å². The summed E-state index contributed by atoms with van der Waals surface area (Å²) in [7, 11) is -8.26. The summed E-state index contributed by atoms with van der Waals surface area (Å²) in [5.41, 5.74) is 0.365. The van der Waals surface area contributed by atoms with Crippen LogP contribution in [-0.4, -0.2) is 23.0 Å². The zero-order valence-electron chi connectivity index (χ0n) is 18.4. The summed E-state index contributed by atoms with van der Waals surface area (Å²) in [6.45, 7) is 0. The Labute approximate surface area is 197 Å². The van der Waals surface area contributed by atoms with E-state index in [1.165, 1.54) is 7.11 Å². The summed E-state index contributed by atoms with van der Waals surface area (Å²) < 4.78 is 70.3. The Bertz CT molecular complexity index is 1310. The first-order valence-corrected chi connectivity index (χ1v) is 12.5. The Kier molecular flexibility index (Phi) is 5.70. The molecule has 1 heterocycles. The summed E-state index contributed by atoms with van der Waals surface area (Å²) in [5, 5.41) is 2.69. The van der Waals surface area contributed by atoms with Crippen molar-refractivity contribution < 1.29 is 29.0 Å². The Hall–Kier alpha value is -3.41. The molecule has 0 aliphatic heterocycles. The summed E-state index contributed by atoms with van der Waals surface area (Å²) in [6.07, 6.45) is 1.65. The number of H-pyrrole nitrogens is 1. The van der Waals surface area contributed by atoms with Crippen LogP contribution in [0.15, 0.2) is 64.3 Å². The predicted molar refractivity (Wildman–Crippen MR) is 121 cm³/mol. The van der Waals surface area contributed by atoms with E-state index in [1.807, 2.05) is 0 Å². The van der Waals surface area contributed by atoms with Gasteiger partial charge in [-0.1, -0.05) is 43.7 Å². The van der Waals surface area contributed by atoms with Crippen molar-refractivity contribution in [1.29, 1.82) is 0 Å². The molecule has 1 saturated carbocycles. The number of aromatic nitrogens is 2. The van der Waals surface area contributed by atoms with Gasteiger partial charge in [-0.2, -0.15) is 0 Å². The lowest BCUT2D eigenvalue weighted by Gasteiger charge is -2.40. The van der Waals surface area contributed by atoms with Gasteiger partial charge in [-0.3, -0.25) is 9.59 Å². The molecule has 0 spiro atoms. The summed E-state index contributed by atoms with van der Waals surface area (Å²) >= 11 is 0. The first-order chi connectivity index (χ1) is 16.2. The SMILES string of the molecule is COc1ccc(Cc2nc(C(=O)NC(c3ccc(S(F)(F)(F)(F)F)cc3)C3CC3)cc(=O)[nH]2)cc1. The smallest absolute Gasteiger partial charge is 0.310 e. The van der Waals surface area contributed by atoms with Gasteiger partial charge in [0.05, 0.1) is 13.2 Å². The number of rotatable bonds is 8. The summed E-state index contributed by atoms with van der Waals surface area (Å²) in [6, 6.07) is 9.91. The molecule has 35 heavy (non-hydrogen) atoms. The molecule has 3 aromatic rings. The number of hydrogen-bond donors (Lipinski definition) is 2. The molecule has 2 aromatic carbocycles. The molecule has 1 aliphatic rings. The van der Waals surface area contributed by atoms with E-state index in [4.69, 9.17) is 4.74 Å². The maximum atomic E-state index is 13.0. The van der Waals surface area contributed by atoms with E-state index in [0.717, 1.165) is 23.8 Å². The average molecular weight is 516 g/mol. The van der Waals surface area contributed by atoms with Crippen LogP contribution >= 0.6 is 10.2 Å². The summed E-state index contributed by atoms with van der Waals surface area (Å²) in [5.74, 6) is 0.144. The van der Waals surface area contributed by atoms with E-state index in [0.29, 0.717) is 30.7 Å². The molecule has 1 aliphatic carbocycles. The van der Waals surface area contributed by atoms with Gasteiger partial charge in [0, 0.05) is 12.5 Å². The normalized spacial score (nSPS) is 16.6. The number of ether oxygens (including phenoxy) is 1. The van der Waals surface area contributed by atoms with Crippen LogP contribution in [0.3, 0.4) is 0 Å². The highest BCUT2D eigenvalue weighted by Crippen LogP contribution is 3.02. The number of carbonyl (C=O) groups excluding carboxylic acids is 1. The minimum absolute atomic E-state index is 0.0643. The van der Waals surface area contributed by atoms with Crippen molar-refractivity contribution >= 4 is 16.1 Å². The van der Waals surface area contributed by atoms with Gasteiger partial charge in [-0.05, 0) is 54.2 Å². The van der Waals surface area contributed by atoms with Gasteiger partial charge in [0.15, 0.2) is 0 Å². The van der Waals surface area contributed by atoms with E-state index in [1.54, 1.807) is 24.3 Å². The fraction of sp³-hybridized carbons (Fsp3) is 0.261. The minimum atomic E-state index is -9.79. The molecular formula is C23H22F5N3O3S. The molecular weight excluding hydrogens is 493 g/mol. The number of carbonyl (C=O) groups is 1. The van der Waals surface area contributed by atoms with Crippen LogP contribution in [0.4, 0.5) is 19.4 Å². The number of nitrogens with one attached hydrogen (secondary N) is 2. The standard InChI is InChI=1S/C23H22F5N3O3S/c1-34-17-8-2-14(3-9-17)12-20-29-19(13-21(32)30-20)23(33)31-22(15-4-5-15)16-6-10-18(11-7-16)35(24,25,26,27)28/h2-3,6-11,13,15,22H,4-5,12H2,1H3,(H,31,33)(H,29,30,32). The molecule has 1 unspecified atom stereocenters. The topological polar surface area (TPSA) is 84.1 Å². The molecule has 4 rings (SSSR count). The van der Waals surface area contributed by atoms with Crippen LogP contribution in [0.1, 0.15) is 46.3 Å². The van der Waals surface area contributed by atoms with Crippen molar-refractivity contribution in [2.45, 2.75) is 30.2 Å². The fourth-order valence-electron chi connectivity index (χ4n) is 3.70. The molecule has 1 atom stereocenters. The molecule has 2 N–H and O–H groups in total. The highest BCUT2D eigenvalue weighted by Gasteiger charge is 2.65. The quantitative estimate of drug-likeness (QED) is 0.366. The lowest BCUT2D eigenvalue weighted by molar-refractivity contribution is 0.0925. The lowest BCUT2D eigenvalue weighted by atomic mass is 10.0. The van der Waals surface area contributed by atoms with E-state index < -0.39 is 32.6 Å². The fourth-order valence-corrected chi connectivity index (χ4v) is 4.35. The monoisotopic (exact) mass is 515 g/mol. The Morgan fingerprint density at radius 2 is 1.71 bits per heavy atom. The van der Waals surface area contributed by atoms with Crippen LogP contribution in [0, 0.1) is 5.92 Å². The molecule has 6 nitrogen and oxygen atoms in total. The van der Waals surface area contributed by atoms with Crippen molar-refractivity contribution in [3.63, 3.8) is 0 Å². The molecule has 1 fully saturated rings. The van der Waals surface area contributed by atoms with Gasteiger partial charge in [0.25, 0.3) is 11.5 Å². The average Bonchev–Trinajstić information content (AvgIpc) is 3.61. The maximum Gasteiger partial charge on any atom is 0.310 e. The molecule has 1 amide bonds. The molecule has 0 radical (unpaired) electrons. The molecule has 12 heteroatoms. The lowest BCUT2D eigenvalue weighted by Crippen LogP contribution is -2.32. The number of aromatic amines is 1. The van der Waals surface area contributed by atoms with E-state index in [2.05, 4.69) is 15.3 Å². The minimum Gasteiger partial charge on any atom is -0.497 e. The van der Waals surface area contributed by atoms with Gasteiger partial charge in [-0.25, -0.2) is 4.98 Å². The third kappa shape index (κ3) is 6.18. The number of hydrogen-bond acceptors (Lipinski definition) is 4. The third-order valence-electron chi connectivity index (χ3n) is 5.62. The zero-order chi connectivity index (χ0) is 25.5. The molecule has 1 aromatic heterocycles. The number of benzene rings is 2. The maximum absolute atomic E-state index is 13.0. The second-order valence-electron chi connectivity index (χ2n) is 8.43. The van der Waals surface area contributed by atoms with Crippen LogP contribution in [-0.2, 0) is 6.42 Å². The van der Waals surface area contributed by atoms with Gasteiger partial charge >= 0.3 is 10.2 Å². The van der Waals surface area contributed by atoms with Crippen LogP contribution in [0.25, 0.3) is 0 Å². The van der Waals surface area contributed by atoms with Crippen molar-refractivity contribution in [2.24, 2.45) is 5.92 Å². The van der Waals surface area contributed by atoms with Crippen LogP contribution < -0.4 is 15.6 Å². The Morgan fingerprint density at radius 1 is 1.09 bits per heavy atom. The van der Waals surface area contributed by atoms with E-state index >= 15 is 0 Å². The van der Waals surface area contributed by atoms with E-state index in [9.17, 15) is 29.0 Å². The van der Waals surface area contributed by atoms with Gasteiger partial charge in [-0.15, -0.1) is 0 Å². The van der Waals surface area contributed by atoms with E-state index in [-0.39, 0.29) is 29.4 Å². The number of nitrogens with zero attached hydrogens (tertiary/aromatic N) is 1. The van der Waals surface area contributed by atoms with Crippen LogP contribution in [0.5, 0.6) is 5.75 Å². The molecule has 0 bridgehead atoms. The Balaban J connectivity index is 1.54. The van der Waals surface area contributed by atoms with Gasteiger partial charge in [0.2, 0.25) is 0 Å². The van der Waals surface area contributed by atoms with Crippen molar-refractivity contribution in [3.05, 3.63) is 87.6 Å². The molecule has 188 valence electrons. The highest BCUT2D eigenvalue weighted by atomic mass is 32.5. The number of halogens is 5. The zero-order valence-corrected chi connectivity index (χ0v) is 19.3. The second kappa shape index (κ2) is 8.08. The number of amides is 1. The third-order valence-corrected chi connectivity index (χ3v) is 6.78. The van der Waals surface area contributed by atoms with Gasteiger partial charge in [0.1, 0.15) is 22.2 Å². The van der Waals surface area contributed by atoms with Crippen molar-refractivity contribution in [3.8, 4) is 5.75 Å². The molecule has 0 saturated heterocycles. The van der Waals surface area contributed by atoms with Crippen molar-refractivity contribution in [2.75, 3.05) is 7.11 Å². The predicted octanol–water partition coefficient (Wildman–Crippen LogP) is 5.91. The largest absolute Gasteiger partial charge is 0.497 e. The summed E-state index contributed by atoms with van der Waals surface area (Å²) in [4.78, 5) is 29.8. The van der Waals surface area contributed by atoms with Crippen LogP contribution in [0.2, 0.25) is 0 Å². The first kappa shape index (κ1) is 24.7. The second-order valence-corrected chi connectivity index (χ2v) is 10.8. The highest BCUT2D eigenvalue weighted by molar-refractivity contribution is 8.45. The number of methoxy groups -OCH3 is 1. The van der Waals surface area contributed by atoms with Crippen molar-refractivity contribution in [1.82, 2.24) is 15.3 Å². The Morgan fingerprint density at radius 3 is 2.26 bits per heavy atom.